The molecule has 0 spiro atoms. The lowest BCUT2D eigenvalue weighted by Crippen LogP contribution is -2.08. The summed E-state index contributed by atoms with van der Waals surface area (Å²) in [6, 6.07) is 3.63. The monoisotopic (exact) mass is 234 g/mol. The van der Waals surface area contributed by atoms with Crippen molar-refractivity contribution in [3.05, 3.63) is 41.2 Å². The molecule has 0 fully saturated rings. The molecule has 82 valence electrons. The van der Waals surface area contributed by atoms with Gasteiger partial charge in [-0.05, 0) is 17.7 Å². The summed E-state index contributed by atoms with van der Waals surface area (Å²) in [5.41, 5.74) is 0.924. The van der Waals surface area contributed by atoms with E-state index in [0.717, 1.165) is 11.3 Å². The molecule has 1 aromatic rings. The van der Waals surface area contributed by atoms with E-state index >= 15 is 0 Å². The normalized spacial score (nSPS) is 14.4. The molecule has 5 heteroatoms. The van der Waals surface area contributed by atoms with E-state index in [0.29, 0.717) is 4.91 Å². The predicted molar refractivity (Wildman–Crippen MR) is 63.1 cm³/mol. The quantitative estimate of drug-likeness (QED) is 0.748. The Morgan fingerprint density at radius 2 is 2.25 bits per heavy atom. The Morgan fingerprint density at radius 1 is 1.44 bits per heavy atom. The maximum absolute atomic E-state index is 11.6. The van der Waals surface area contributed by atoms with Crippen LogP contribution < -0.4 is 0 Å². The third-order valence-corrected chi connectivity index (χ3v) is 2.83. The first kappa shape index (κ1) is 10.9. The van der Waals surface area contributed by atoms with Crippen molar-refractivity contribution in [3.63, 3.8) is 0 Å². The predicted octanol–water partition coefficient (Wildman–Crippen LogP) is 1.78. The van der Waals surface area contributed by atoms with Crippen LogP contribution >= 0.6 is 11.8 Å². The standard InChI is InChI=1S/C11H10N2O2S/c14-11(10-7-13-5-6-16-10)15-8-9-1-3-12-4-2-9/h1-5,7H,6,8H2. The molecule has 0 amide bonds. The van der Waals surface area contributed by atoms with E-state index in [4.69, 9.17) is 4.74 Å². The van der Waals surface area contributed by atoms with Gasteiger partial charge in [-0.15, -0.1) is 11.8 Å². The van der Waals surface area contributed by atoms with Crippen LogP contribution in [0.5, 0.6) is 0 Å². The summed E-state index contributed by atoms with van der Waals surface area (Å²) in [5, 5.41) is 0. The minimum absolute atomic E-state index is 0.267. The summed E-state index contributed by atoms with van der Waals surface area (Å²) in [5.74, 6) is 0.398. The maximum atomic E-state index is 11.6. The van der Waals surface area contributed by atoms with E-state index in [-0.39, 0.29) is 12.6 Å². The molecular formula is C11H10N2O2S. The van der Waals surface area contributed by atoms with Gasteiger partial charge in [-0.3, -0.25) is 9.98 Å². The molecule has 0 radical (unpaired) electrons. The van der Waals surface area contributed by atoms with Crippen LogP contribution in [0.4, 0.5) is 0 Å². The highest BCUT2D eigenvalue weighted by atomic mass is 32.2. The molecule has 0 N–H and O–H groups in total. The molecule has 0 aliphatic carbocycles. The molecule has 0 unspecified atom stereocenters. The highest BCUT2D eigenvalue weighted by Crippen LogP contribution is 2.19. The van der Waals surface area contributed by atoms with Crippen LogP contribution in [0, 0.1) is 0 Å². The number of hydrogen-bond donors (Lipinski definition) is 0. The number of carbonyl (C=O) groups is 1. The lowest BCUT2D eigenvalue weighted by atomic mass is 10.3. The van der Waals surface area contributed by atoms with Crippen molar-refractivity contribution in [3.8, 4) is 0 Å². The van der Waals surface area contributed by atoms with Crippen LogP contribution in [0.2, 0.25) is 0 Å². The SMILES string of the molecule is O=C(OCc1ccncc1)C1=CN=CCS1. The summed E-state index contributed by atoms with van der Waals surface area (Å²) in [7, 11) is 0. The summed E-state index contributed by atoms with van der Waals surface area (Å²) in [6.07, 6.45) is 6.62. The highest BCUT2D eigenvalue weighted by Gasteiger charge is 2.13. The van der Waals surface area contributed by atoms with Crippen molar-refractivity contribution in [2.24, 2.45) is 4.99 Å². The third-order valence-electron chi connectivity index (χ3n) is 1.93. The van der Waals surface area contributed by atoms with E-state index < -0.39 is 0 Å². The number of thioether (sulfide) groups is 1. The second-order valence-corrected chi connectivity index (χ2v) is 4.13. The molecule has 0 atom stereocenters. The third kappa shape index (κ3) is 2.93. The van der Waals surface area contributed by atoms with Crippen molar-refractivity contribution in [2.75, 3.05) is 5.75 Å². The molecule has 0 aromatic carbocycles. The Hall–Kier alpha value is -1.62. The largest absolute Gasteiger partial charge is 0.457 e. The molecule has 1 aliphatic heterocycles. The van der Waals surface area contributed by atoms with E-state index in [9.17, 15) is 4.79 Å². The summed E-state index contributed by atoms with van der Waals surface area (Å²) >= 11 is 1.43. The number of aliphatic imine (C=N–C) groups is 1. The van der Waals surface area contributed by atoms with Crippen molar-refractivity contribution in [1.29, 1.82) is 0 Å². The number of pyridine rings is 1. The Bertz CT molecular complexity index is 429. The highest BCUT2D eigenvalue weighted by molar-refractivity contribution is 8.04. The van der Waals surface area contributed by atoms with E-state index in [1.54, 1.807) is 18.6 Å². The van der Waals surface area contributed by atoms with Crippen LogP contribution in [-0.4, -0.2) is 22.9 Å². The van der Waals surface area contributed by atoms with Crippen molar-refractivity contribution in [1.82, 2.24) is 4.98 Å². The first-order chi connectivity index (χ1) is 7.86. The Labute approximate surface area is 97.4 Å². The van der Waals surface area contributed by atoms with Gasteiger partial charge in [0.2, 0.25) is 0 Å². The average molecular weight is 234 g/mol. The Balaban J connectivity index is 1.89. The lowest BCUT2D eigenvalue weighted by molar-refractivity contribution is -0.139. The van der Waals surface area contributed by atoms with E-state index in [1.807, 2.05) is 12.1 Å². The van der Waals surface area contributed by atoms with Gasteiger partial charge in [-0.2, -0.15) is 0 Å². The average Bonchev–Trinajstić information content (AvgIpc) is 2.38. The number of ether oxygens (including phenoxy) is 1. The summed E-state index contributed by atoms with van der Waals surface area (Å²) in [6.45, 7) is 0.267. The number of carbonyl (C=O) groups excluding carboxylic acids is 1. The van der Waals surface area contributed by atoms with Crippen LogP contribution in [0.25, 0.3) is 0 Å². The molecule has 2 heterocycles. The minimum atomic E-state index is -0.321. The Kier molecular flexibility index (Phi) is 3.71. The van der Waals surface area contributed by atoms with Crippen LogP contribution in [0.15, 0.2) is 40.6 Å². The number of aromatic nitrogens is 1. The summed E-state index contributed by atoms with van der Waals surface area (Å²) in [4.78, 5) is 19.9. The van der Waals surface area contributed by atoms with Gasteiger partial charge < -0.3 is 4.74 Å². The topological polar surface area (TPSA) is 51.5 Å². The number of esters is 1. The molecule has 0 bridgehead atoms. The van der Waals surface area contributed by atoms with Gasteiger partial charge in [0.05, 0.1) is 0 Å². The molecule has 16 heavy (non-hydrogen) atoms. The second kappa shape index (κ2) is 5.46. The first-order valence-corrected chi connectivity index (χ1v) is 5.75. The van der Waals surface area contributed by atoms with Crippen LogP contribution in [0.3, 0.4) is 0 Å². The smallest absolute Gasteiger partial charge is 0.346 e. The zero-order valence-corrected chi connectivity index (χ0v) is 9.31. The zero-order valence-electron chi connectivity index (χ0n) is 8.50. The second-order valence-electron chi connectivity index (χ2n) is 3.07. The van der Waals surface area contributed by atoms with E-state index in [1.165, 1.54) is 18.0 Å². The van der Waals surface area contributed by atoms with Gasteiger partial charge in [-0.1, -0.05) is 0 Å². The molecule has 1 aromatic heterocycles. The van der Waals surface area contributed by atoms with Crippen LogP contribution in [0.1, 0.15) is 5.56 Å². The maximum Gasteiger partial charge on any atom is 0.346 e. The van der Waals surface area contributed by atoms with Gasteiger partial charge in [0.1, 0.15) is 11.5 Å². The number of rotatable bonds is 3. The molecule has 4 nitrogen and oxygen atoms in total. The van der Waals surface area contributed by atoms with Crippen molar-refractivity contribution < 1.29 is 9.53 Å². The molecule has 0 saturated carbocycles. The van der Waals surface area contributed by atoms with Gasteiger partial charge in [0, 0.05) is 30.6 Å². The van der Waals surface area contributed by atoms with Gasteiger partial charge in [0.15, 0.2) is 0 Å². The fourth-order valence-electron chi connectivity index (χ4n) is 1.14. The zero-order chi connectivity index (χ0) is 11.2. The lowest BCUT2D eigenvalue weighted by Gasteiger charge is -2.08. The van der Waals surface area contributed by atoms with Crippen molar-refractivity contribution >= 4 is 23.9 Å². The van der Waals surface area contributed by atoms with E-state index in [2.05, 4.69) is 9.98 Å². The first-order valence-electron chi connectivity index (χ1n) is 4.77. The van der Waals surface area contributed by atoms with Gasteiger partial charge in [-0.25, -0.2) is 4.79 Å². The molecule has 0 saturated heterocycles. The molecule has 2 rings (SSSR count). The number of hydrogen-bond acceptors (Lipinski definition) is 5. The number of nitrogens with zero attached hydrogens (tertiary/aromatic N) is 2. The van der Waals surface area contributed by atoms with Gasteiger partial charge in [0.25, 0.3) is 0 Å². The summed E-state index contributed by atoms with van der Waals surface area (Å²) < 4.78 is 5.14. The van der Waals surface area contributed by atoms with Crippen LogP contribution in [-0.2, 0) is 16.1 Å². The fraction of sp³-hybridized carbons (Fsp3) is 0.182. The minimum Gasteiger partial charge on any atom is -0.457 e. The molecule has 1 aliphatic rings. The van der Waals surface area contributed by atoms with Crippen molar-refractivity contribution in [2.45, 2.75) is 6.61 Å². The van der Waals surface area contributed by atoms with Gasteiger partial charge >= 0.3 is 5.97 Å². The fourth-order valence-corrected chi connectivity index (χ4v) is 1.79. The Morgan fingerprint density at radius 3 is 2.94 bits per heavy atom. The molecular weight excluding hydrogens is 224 g/mol.